The fourth-order valence-corrected chi connectivity index (χ4v) is 2.01. The number of benzene rings is 1. The van der Waals surface area contributed by atoms with Crippen LogP contribution in [0.5, 0.6) is 0 Å². The summed E-state index contributed by atoms with van der Waals surface area (Å²) >= 11 is 3.42. The van der Waals surface area contributed by atoms with Crippen molar-refractivity contribution in [3.8, 4) is 6.07 Å². The van der Waals surface area contributed by atoms with Crippen LogP contribution in [0.1, 0.15) is 17.1 Å². The summed E-state index contributed by atoms with van der Waals surface area (Å²) in [7, 11) is 0. The topological polar surface area (TPSA) is 49.0 Å². The first-order valence-corrected chi connectivity index (χ1v) is 5.97. The Labute approximate surface area is 108 Å². The van der Waals surface area contributed by atoms with Crippen LogP contribution in [-0.4, -0.2) is 0 Å². The van der Waals surface area contributed by atoms with Gasteiger partial charge in [-0.3, -0.25) is 0 Å². The van der Waals surface area contributed by atoms with Gasteiger partial charge in [-0.05, 0) is 53.2 Å². The zero-order valence-electron chi connectivity index (χ0n) is 9.33. The molecule has 17 heavy (non-hydrogen) atoms. The molecule has 3 nitrogen and oxygen atoms in total. The lowest BCUT2D eigenvalue weighted by Crippen LogP contribution is -1.98. The smallest absolute Gasteiger partial charge is 0.123 e. The number of nitrogens with zero attached hydrogens (tertiary/aromatic N) is 1. The van der Waals surface area contributed by atoms with Crippen molar-refractivity contribution >= 4 is 21.6 Å². The highest BCUT2D eigenvalue weighted by atomic mass is 79.9. The van der Waals surface area contributed by atoms with Crippen molar-refractivity contribution in [2.75, 3.05) is 5.32 Å². The summed E-state index contributed by atoms with van der Waals surface area (Å²) in [6.07, 6.45) is 0. The Balaban J connectivity index is 2.07. The van der Waals surface area contributed by atoms with Crippen molar-refractivity contribution < 1.29 is 4.42 Å². The highest BCUT2D eigenvalue weighted by Gasteiger charge is 2.03. The number of furan rings is 1. The first kappa shape index (κ1) is 11.7. The number of hydrogen-bond acceptors (Lipinski definition) is 3. The Bertz CT molecular complexity index is 569. The van der Waals surface area contributed by atoms with Gasteiger partial charge in [0.25, 0.3) is 0 Å². The molecule has 0 fully saturated rings. The predicted molar refractivity (Wildman–Crippen MR) is 69.6 cm³/mol. The fourth-order valence-electron chi connectivity index (χ4n) is 1.49. The minimum absolute atomic E-state index is 0.623. The van der Waals surface area contributed by atoms with E-state index in [1.807, 2.05) is 25.1 Å². The van der Waals surface area contributed by atoms with Crippen molar-refractivity contribution in [3.05, 3.63) is 51.9 Å². The van der Waals surface area contributed by atoms with Crippen molar-refractivity contribution in [3.63, 3.8) is 0 Å². The largest absolute Gasteiger partial charge is 0.465 e. The molecule has 4 heteroatoms. The quantitative estimate of drug-likeness (QED) is 0.934. The second kappa shape index (κ2) is 5.07. The highest BCUT2D eigenvalue weighted by Crippen LogP contribution is 2.24. The van der Waals surface area contributed by atoms with Crippen molar-refractivity contribution in [2.45, 2.75) is 13.5 Å². The maximum Gasteiger partial charge on any atom is 0.123 e. The molecular formula is C13H11BrN2O. The molecule has 0 bridgehead atoms. The molecule has 0 amide bonds. The first-order valence-electron chi connectivity index (χ1n) is 5.18. The summed E-state index contributed by atoms with van der Waals surface area (Å²) in [6, 6.07) is 11.4. The van der Waals surface area contributed by atoms with E-state index in [4.69, 9.17) is 9.68 Å². The van der Waals surface area contributed by atoms with E-state index in [1.54, 1.807) is 12.1 Å². The van der Waals surface area contributed by atoms with Gasteiger partial charge in [0.1, 0.15) is 11.5 Å². The van der Waals surface area contributed by atoms with Crippen LogP contribution < -0.4 is 5.32 Å². The molecule has 0 aliphatic carbocycles. The fraction of sp³-hybridized carbons (Fsp3) is 0.154. The van der Waals surface area contributed by atoms with E-state index in [-0.39, 0.29) is 0 Å². The summed E-state index contributed by atoms with van der Waals surface area (Å²) in [5, 5.41) is 12.0. The standard InChI is InChI=1S/C13H11BrN2O/c1-9-2-4-11(17-9)8-16-13-5-3-10(7-15)6-12(13)14/h2-6,16H,8H2,1H3. The number of halogens is 1. The van der Waals surface area contributed by atoms with Crippen molar-refractivity contribution in [2.24, 2.45) is 0 Å². The summed E-state index contributed by atoms with van der Waals surface area (Å²) < 4.78 is 6.33. The van der Waals surface area contributed by atoms with E-state index >= 15 is 0 Å². The third-order valence-corrected chi connectivity index (χ3v) is 3.00. The van der Waals surface area contributed by atoms with Gasteiger partial charge in [0, 0.05) is 10.2 Å². The molecule has 1 N–H and O–H groups in total. The lowest BCUT2D eigenvalue weighted by molar-refractivity contribution is 0.490. The molecule has 0 atom stereocenters. The van der Waals surface area contributed by atoms with Gasteiger partial charge in [0.15, 0.2) is 0 Å². The Morgan fingerprint density at radius 2 is 2.18 bits per heavy atom. The molecule has 0 aliphatic heterocycles. The second-order valence-corrected chi connectivity index (χ2v) is 4.53. The Kier molecular flexibility index (Phi) is 3.50. The average molecular weight is 291 g/mol. The summed E-state index contributed by atoms with van der Waals surface area (Å²) in [5.74, 6) is 1.79. The van der Waals surface area contributed by atoms with Gasteiger partial charge in [-0.1, -0.05) is 0 Å². The van der Waals surface area contributed by atoms with Crippen LogP contribution in [0.4, 0.5) is 5.69 Å². The highest BCUT2D eigenvalue weighted by molar-refractivity contribution is 9.10. The number of anilines is 1. The van der Waals surface area contributed by atoms with Gasteiger partial charge >= 0.3 is 0 Å². The van der Waals surface area contributed by atoms with Gasteiger partial charge in [-0.2, -0.15) is 5.26 Å². The maximum atomic E-state index is 8.76. The lowest BCUT2D eigenvalue weighted by Gasteiger charge is -2.06. The molecule has 0 spiro atoms. The monoisotopic (exact) mass is 290 g/mol. The van der Waals surface area contributed by atoms with Gasteiger partial charge < -0.3 is 9.73 Å². The number of rotatable bonds is 3. The van der Waals surface area contributed by atoms with E-state index in [0.717, 1.165) is 21.7 Å². The summed E-state index contributed by atoms with van der Waals surface area (Å²) in [4.78, 5) is 0. The van der Waals surface area contributed by atoms with Crippen LogP contribution >= 0.6 is 15.9 Å². The van der Waals surface area contributed by atoms with Crippen LogP contribution in [0, 0.1) is 18.3 Å². The van der Waals surface area contributed by atoms with Gasteiger partial charge in [0.05, 0.1) is 18.2 Å². The van der Waals surface area contributed by atoms with E-state index in [0.29, 0.717) is 12.1 Å². The van der Waals surface area contributed by atoms with Crippen LogP contribution in [0.2, 0.25) is 0 Å². The second-order valence-electron chi connectivity index (χ2n) is 3.67. The van der Waals surface area contributed by atoms with E-state index in [1.165, 1.54) is 0 Å². The lowest BCUT2D eigenvalue weighted by atomic mass is 10.2. The van der Waals surface area contributed by atoms with Gasteiger partial charge in [-0.15, -0.1) is 0 Å². The molecule has 2 rings (SSSR count). The van der Waals surface area contributed by atoms with Crippen LogP contribution in [-0.2, 0) is 6.54 Å². The van der Waals surface area contributed by atoms with Crippen molar-refractivity contribution in [1.82, 2.24) is 0 Å². The number of aryl methyl sites for hydroxylation is 1. The third kappa shape index (κ3) is 2.89. The molecule has 86 valence electrons. The zero-order valence-corrected chi connectivity index (χ0v) is 10.9. The molecule has 1 aromatic heterocycles. The minimum Gasteiger partial charge on any atom is -0.465 e. The Hall–Kier alpha value is -1.73. The molecule has 2 aromatic rings. The number of nitrogens with one attached hydrogen (secondary N) is 1. The van der Waals surface area contributed by atoms with Gasteiger partial charge in [0.2, 0.25) is 0 Å². The van der Waals surface area contributed by atoms with Crippen molar-refractivity contribution in [1.29, 1.82) is 5.26 Å². The van der Waals surface area contributed by atoms with Gasteiger partial charge in [-0.25, -0.2) is 0 Å². The SMILES string of the molecule is Cc1ccc(CNc2ccc(C#N)cc2Br)o1. The molecule has 0 unspecified atom stereocenters. The third-order valence-electron chi connectivity index (χ3n) is 2.35. The Morgan fingerprint density at radius 1 is 1.35 bits per heavy atom. The van der Waals surface area contributed by atoms with Crippen LogP contribution in [0.25, 0.3) is 0 Å². The normalized spacial score (nSPS) is 9.94. The molecule has 0 radical (unpaired) electrons. The Morgan fingerprint density at radius 3 is 2.76 bits per heavy atom. The maximum absolute atomic E-state index is 8.76. The first-order chi connectivity index (χ1) is 8.19. The minimum atomic E-state index is 0.623. The number of nitriles is 1. The average Bonchev–Trinajstić information content (AvgIpc) is 2.73. The summed E-state index contributed by atoms with van der Waals surface area (Å²) in [6.45, 7) is 2.54. The molecule has 0 saturated carbocycles. The predicted octanol–water partition coefficient (Wildman–Crippen LogP) is 3.83. The van der Waals surface area contributed by atoms with Crippen LogP contribution in [0.3, 0.4) is 0 Å². The number of hydrogen-bond donors (Lipinski definition) is 1. The van der Waals surface area contributed by atoms with E-state index in [9.17, 15) is 0 Å². The molecule has 1 heterocycles. The molecule has 0 saturated heterocycles. The molecular weight excluding hydrogens is 280 g/mol. The molecule has 1 aromatic carbocycles. The molecule has 0 aliphatic rings. The summed E-state index contributed by atoms with van der Waals surface area (Å²) in [5.41, 5.74) is 1.58. The van der Waals surface area contributed by atoms with E-state index < -0.39 is 0 Å². The van der Waals surface area contributed by atoms with Crippen LogP contribution in [0.15, 0.2) is 39.2 Å². The van der Waals surface area contributed by atoms with E-state index in [2.05, 4.69) is 27.3 Å². The zero-order chi connectivity index (χ0) is 12.3.